The third-order valence-electron chi connectivity index (χ3n) is 5.63. The standard InChI is InChI=1S/C22H19NO4/c24-11-22(10-23-25)12-26-21(27-13-22)18-9-7-16-5-4-14-2-1-3-15-6-8-17(18)20(16)19(14)15/h1-9,21,24H,10-13H2. The van der Waals surface area contributed by atoms with E-state index in [1.54, 1.807) is 0 Å². The van der Waals surface area contributed by atoms with E-state index in [9.17, 15) is 10.0 Å². The monoisotopic (exact) mass is 361 g/mol. The van der Waals surface area contributed by atoms with Gasteiger partial charge in [-0.2, -0.15) is 4.91 Å². The molecule has 0 amide bonds. The van der Waals surface area contributed by atoms with Crippen LogP contribution in [-0.2, 0) is 9.47 Å². The molecule has 5 nitrogen and oxygen atoms in total. The number of rotatable bonds is 4. The molecule has 0 aromatic heterocycles. The zero-order chi connectivity index (χ0) is 18.4. The minimum Gasteiger partial charge on any atom is -0.396 e. The lowest BCUT2D eigenvalue weighted by Gasteiger charge is -2.37. The first-order valence-electron chi connectivity index (χ1n) is 9.04. The highest BCUT2D eigenvalue weighted by Crippen LogP contribution is 2.40. The van der Waals surface area contributed by atoms with Crippen molar-refractivity contribution in [3.8, 4) is 0 Å². The van der Waals surface area contributed by atoms with Crippen LogP contribution in [-0.4, -0.2) is 31.5 Å². The Morgan fingerprint density at radius 3 is 2.22 bits per heavy atom. The summed E-state index contributed by atoms with van der Waals surface area (Å²) in [5.74, 6) is 0. The van der Waals surface area contributed by atoms with Gasteiger partial charge in [0.05, 0.1) is 31.8 Å². The summed E-state index contributed by atoms with van der Waals surface area (Å²) in [5, 5.41) is 19.7. The Labute approximate surface area is 155 Å². The molecule has 27 heavy (non-hydrogen) atoms. The number of aliphatic hydroxyl groups is 1. The van der Waals surface area contributed by atoms with E-state index in [4.69, 9.17) is 9.47 Å². The van der Waals surface area contributed by atoms with Crippen LogP contribution in [0.3, 0.4) is 0 Å². The SMILES string of the molecule is O=NCC1(CO)COC(c2ccc3ccc4cccc5ccc2c3c45)OC1. The van der Waals surface area contributed by atoms with Crippen LogP contribution in [0.5, 0.6) is 0 Å². The molecule has 1 N–H and O–H groups in total. The first kappa shape index (κ1) is 16.6. The normalized spacial score (nSPS) is 23.4. The molecule has 0 unspecified atom stereocenters. The summed E-state index contributed by atoms with van der Waals surface area (Å²) in [6, 6.07) is 19.0. The maximum absolute atomic E-state index is 10.7. The maximum atomic E-state index is 10.7. The molecule has 1 aliphatic heterocycles. The van der Waals surface area contributed by atoms with Crippen LogP contribution in [0.4, 0.5) is 0 Å². The maximum Gasteiger partial charge on any atom is 0.184 e. The van der Waals surface area contributed by atoms with E-state index in [1.807, 2.05) is 6.07 Å². The third kappa shape index (κ3) is 2.51. The molecule has 5 rings (SSSR count). The number of nitrogens with zero attached hydrogens (tertiary/aromatic N) is 1. The number of nitroso groups, excluding NO2 is 1. The Bertz CT molecular complexity index is 1120. The fraction of sp³-hybridized carbons (Fsp3) is 0.273. The van der Waals surface area contributed by atoms with Crippen molar-refractivity contribution in [2.24, 2.45) is 10.6 Å². The van der Waals surface area contributed by atoms with Gasteiger partial charge >= 0.3 is 0 Å². The van der Waals surface area contributed by atoms with Gasteiger partial charge in [-0.1, -0.05) is 59.8 Å². The lowest BCUT2D eigenvalue weighted by Crippen LogP contribution is -2.44. The molecule has 0 aliphatic carbocycles. The summed E-state index contributed by atoms with van der Waals surface area (Å²) in [7, 11) is 0. The molecule has 0 atom stereocenters. The van der Waals surface area contributed by atoms with E-state index in [2.05, 4.69) is 53.7 Å². The third-order valence-corrected chi connectivity index (χ3v) is 5.63. The summed E-state index contributed by atoms with van der Waals surface area (Å²) in [6.07, 6.45) is -0.527. The summed E-state index contributed by atoms with van der Waals surface area (Å²) in [4.78, 5) is 10.7. The molecular weight excluding hydrogens is 342 g/mol. The average molecular weight is 361 g/mol. The van der Waals surface area contributed by atoms with Gasteiger partial charge in [0.1, 0.15) is 0 Å². The molecule has 4 aromatic rings. The van der Waals surface area contributed by atoms with E-state index in [0.717, 1.165) is 10.9 Å². The number of hydrogen-bond acceptors (Lipinski definition) is 5. The van der Waals surface area contributed by atoms with Crippen molar-refractivity contribution in [3.63, 3.8) is 0 Å². The minimum atomic E-state index is -0.748. The molecule has 5 heteroatoms. The van der Waals surface area contributed by atoms with E-state index >= 15 is 0 Å². The molecule has 0 radical (unpaired) electrons. The minimum absolute atomic E-state index is 0.0191. The van der Waals surface area contributed by atoms with Gasteiger partial charge in [0.25, 0.3) is 0 Å². The first-order chi connectivity index (χ1) is 13.2. The molecule has 0 saturated carbocycles. The molecule has 1 heterocycles. The molecule has 136 valence electrons. The van der Waals surface area contributed by atoms with Crippen molar-refractivity contribution in [1.82, 2.24) is 0 Å². The van der Waals surface area contributed by atoms with Crippen molar-refractivity contribution in [2.75, 3.05) is 26.4 Å². The van der Waals surface area contributed by atoms with Crippen molar-refractivity contribution in [3.05, 3.63) is 65.1 Å². The van der Waals surface area contributed by atoms with Gasteiger partial charge in [-0.15, -0.1) is 0 Å². The summed E-state index contributed by atoms with van der Waals surface area (Å²) in [5.41, 5.74) is 0.216. The van der Waals surface area contributed by atoms with Crippen LogP contribution >= 0.6 is 0 Å². The molecule has 1 fully saturated rings. The molecule has 4 aromatic carbocycles. The highest BCUT2D eigenvalue weighted by Gasteiger charge is 2.38. The Morgan fingerprint density at radius 2 is 1.56 bits per heavy atom. The zero-order valence-electron chi connectivity index (χ0n) is 14.7. The molecule has 0 bridgehead atoms. The van der Waals surface area contributed by atoms with Crippen molar-refractivity contribution in [2.45, 2.75) is 6.29 Å². The van der Waals surface area contributed by atoms with E-state index in [1.165, 1.54) is 26.9 Å². The summed E-state index contributed by atoms with van der Waals surface area (Å²) >= 11 is 0. The number of aliphatic hydroxyl groups excluding tert-OH is 1. The van der Waals surface area contributed by atoms with Gasteiger partial charge in [-0.3, -0.25) is 0 Å². The second-order valence-electron chi connectivity index (χ2n) is 7.41. The van der Waals surface area contributed by atoms with Gasteiger partial charge in [0, 0.05) is 5.56 Å². The van der Waals surface area contributed by atoms with Crippen molar-refractivity contribution in [1.29, 1.82) is 0 Å². The molecule has 0 spiro atoms. The lowest BCUT2D eigenvalue weighted by molar-refractivity contribution is -0.238. The topological polar surface area (TPSA) is 68.1 Å². The second-order valence-corrected chi connectivity index (χ2v) is 7.41. The number of benzene rings is 4. The zero-order valence-corrected chi connectivity index (χ0v) is 14.7. The van der Waals surface area contributed by atoms with E-state index in [-0.39, 0.29) is 26.4 Å². The average Bonchev–Trinajstić information content (AvgIpc) is 2.73. The predicted molar refractivity (Wildman–Crippen MR) is 105 cm³/mol. The molecule has 1 saturated heterocycles. The van der Waals surface area contributed by atoms with E-state index < -0.39 is 11.7 Å². The molecule has 1 aliphatic rings. The van der Waals surface area contributed by atoms with Crippen LogP contribution in [0.1, 0.15) is 11.9 Å². The van der Waals surface area contributed by atoms with Crippen LogP contribution in [0.25, 0.3) is 32.3 Å². The van der Waals surface area contributed by atoms with Gasteiger partial charge in [-0.05, 0) is 32.3 Å². The summed E-state index contributed by atoms with van der Waals surface area (Å²) in [6.45, 7) is 0.266. The Balaban J connectivity index is 1.61. The van der Waals surface area contributed by atoms with Crippen molar-refractivity contribution < 1.29 is 14.6 Å². The highest BCUT2D eigenvalue weighted by atomic mass is 16.7. The first-order valence-corrected chi connectivity index (χ1v) is 9.04. The van der Waals surface area contributed by atoms with Crippen molar-refractivity contribution >= 4 is 32.3 Å². The van der Waals surface area contributed by atoms with Gasteiger partial charge in [-0.25, -0.2) is 0 Å². The summed E-state index contributed by atoms with van der Waals surface area (Å²) < 4.78 is 11.9. The van der Waals surface area contributed by atoms with E-state index in [0.29, 0.717) is 0 Å². The van der Waals surface area contributed by atoms with Crippen LogP contribution < -0.4 is 0 Å². The fourth-order valence-corrected chi connectivity index (χ4v) is 4.11. The van der Waals surface area contributed by atoms with Crippen LogP contribution in [0.15, 0.2) is 59.8 Å². The van der Waals surface area contributed by atoms with Crippen LogP contribution in [0.2, 0.25) is 0 Å². The number of hydrogen-bond donors (Lipinski definition) is 1. The highest BCUT2D eigenvalue weighted by molar-refractivity contribution is 6.23. The van der Waals surface area contributed by atoms with Gasteiger partial charge in [0.15, 0.2) is 6.29 Å². The lowest BCUT2D eigenvalue weighted by atomic mass is 9.89. The number of ether oxygens (including phenoxy) is 2. The van der Waals surface area contributed by atoms with Gasteiger partial charge in [0.2, 0.25) is 0 Å². The fourth-order valence-electron chi connectivity index (χ4n) is 4.11. The largest absolute Gasteiger partial charge is 0.396 e. The van der Waals surface area contributed by atoms with Crippen LogP contribution in [0, 0.1) is 10.3 Å². The second kappa shape index (κ2) is 6.23. The molecular formula is C22H19NO4. The Hall–Kier alpha value is -2.60. The van der Waals surface area contributed by atoms with Gasteiger partial charge < -0.3 is 14.6 Å². The Morgan fingerprint density at radius 1 is 0.926 bits per heavy atom. The Kier molecular flexibility index (Phi) is 3.82. The smallest absolute Gasteiger partial charge is 0.184 e. The quantitative estimate of drug-likeness (QED) is 0.433. The predicted octanol–water partition coefficient (Wildman–Crippen LogP) is 4.37.